The molecule has 88 valence electrons. The maximum atomic E-state index is 11.4. The number of nitrogens with zero attached hydrogens (tertiary/aromatic N) is 1. The van der Waals surface area contributed by atoms with Crippen LogP contribution in [0.5, 0.6) is 0 Å². The van der Waals surface area contributed by atoms with E-state index in [4.69, 9.17) is 0 Å². The number of hydrogen-bond acceptors (Lipinski definition) is 3. The molecular weight excluding hydrogens is 214 g/mol. The maximum absolute atomic E-state index is 11.4. The Morgan fingerprint density at radius 1 is 1.40 bits per heavy atom. The number of carbonyl (C=O) groups excluding carboxylic acids is 1. The molecule has 1 amide bonds. The van der Waals surface area contributed by atoms with Crippen molar-refractivity contribution in [2.24, 2.45) is 0 Å². The lowest BCUT2D eigenvalue weighted by Gasteiger charge is -2.40. The molecule has 0 aliphatic carbocycles. The molecule has 2 fully saturated rings. The molecule has 5 heteroatoms. The summed E-state index contributed by atoms with van der Waals surface area (Å²) in [6.07, 6.45) is 3.96. The molecule has 2 N–H and O–H groups in total. The molecule has 0 saturated carbocycles. The Hall–Kier alpha value is -0.320. The molecule has 1 spiro atoms. The van der Waals surface area contributed by atoms with Gasteiger partial charge in [0.05, 0.1) is 5.54 Å². The monoisotopic (exact) mass is 233 g/mol. The molecule has 15 heavy (non-hydrogen) atoms. The van der Waals surface area contributed by atoms with Gasteiger partial charge in [-0.25, -0.2) is 5.01 Å². The van der Waals surface area contributed by atoms with E-state index < -0.39 is 0 Å². The lowest BCUT2D eigenvalue weighted by molar-refractivity contribution is -0.121. The van der Waals surface area contributed by atoms with Crippen LogP contribution in [0.15, 0.2) is 0 Å². The van der Waals surface area contributed by atoms with Crippen molar-refractivity contribution in [1.82, 2.24) is 15.8 Å². The van der Waals surface area contributed by atoms with Gasteiger partial charge in [0.2, 0.25) is 5.91 Å². The third-order valence-corrected chi connectivity index (χ3v) is 3.30. The fraction of sp³-hybridized carbons (Fsp3) is 0.900. The summed E-state index contributed by atoms with van der Waals surface area (Å²) in [5.41, 5.74) is 3.11. The smallest absolute Gasteiger partial charge is 0.236 e. The maximum Gasteiger partial charge on any atom is 0.236 e. The van der Waals surface area contributed by atoms with Crippen molar-refractivity contribution < 1.29 is 4.79 Å². The van der Waals surface area contributed by atoms with E-state index in [1.54, 1.807) is 0 Å². The molecule has 0 bridgehead atoms. The quantitative estimate of drug-likeness (QED) is 0.737. The van der Waals surface area contributed by atoms with Gasteiger partial charge in [0.25, 0.3) is 0 Å². The van der Waals surface area contributed by atoms with Crippen LogP contribution in [0.25, 0.3) is 0 Å². The minimum atomic E-state index is 0. The second-order valence-electron chi connectivity index (χ2n) is 4.34. The van der Waals surface area contributed by atoms with E-state index in [0.717, 1.165) is 38.9 Å². The lowest BCUT2D eigenvalue weighted by Crippen LogP contribution is -2.53. The van der Waals surface area contributed by atoms with Gasteiger partial charge in [-0.15, -0.1) is 12.4 Å². The van der Waals surface area contributed by atoms with Gasteiger partial charge in [0.15, 0.2) is 0 Å². The third-order valence-electron chi connectivity index (χ3n) is 3.30. The lowest BCUT2D eigenvalue weighted by atomic mass is 9.85. The number of hydrogen-bond donors (Lipinski definition) is 2. The van der Waals surface area contributed by atoms with Crippen LogP contribution in [0.3, 0.4) is 0 Å². The van der Waals surface area contributed by atoms with Crippen molar-refractivity contribution >= 4 is 18.3 Å². The normalized spacial score (nSPS) is 25.0. The summed E-state index contributed by atoms with van der Waals surface area (Å²) in [7, 11) is 0. The Labute approximate surface area is 97.2 Å². The highest BCUT2D eigenvalue weighted by Crippen LogP contribution is 2.32. The molecule has 0 radical (unpaired) electrons. The second kappa shape index (κ2) is 5.14. The van der Waals surface area contributed by atoms with Crippen LogP contribution >= 0.6 is 12.4 Å². The van der Waals surface area contributed by atoms with Crippen LogP contribution in [-0.4, -0.2) is 36.1 Å². The fourth-order valence-electron chi connectivity index (χ4n) is 2.56. The first kappa shape index (κ1) is 12.7. The predicted octanol–water partition coefficient (Wildman–Crippen LogP) is 0.677. The third kappa shape index (κ3) is 2.44. The minimum absolute atomic E-state index is 0. The van der Waals surface area contributed by atoms with E-state index in [1.807, 2.05) is 0 Å². The first-order valence-electron chi connectivity index (χ1n) is 5.55. The number of amides is 1. The van der Waals surface area contributed by atoms with Crippen molar-refractivity contribution in [2.75, 3.05) is 19.6 Å². The van der Waals surface area contributed by atoms with Crippen LogP contribution in [-0.2, 0) is 4.79 Å². The number of hydrazine groups is 1. The van der Waals surface area contributed by atoms with E-state index in [-0.39, 0.29) is 23.9 Å². The Bertz CT molecular complexity index is 229. The molecule has 2 saturated heterocycles. The van der Waals surface area contributed by atoms with Gasteiger partial charge in [0.1, 0.15) is 0 Å². The Morgan fingerprint density at radius 2 is 2.07 bits per heavy atom. The summed E-state index contributed by atoms with van der Waals surface area (Å²) in [6, 6.07) is 0. The zero-order valence-electron chi connectivity index (χ0n) is 9.21. The van der Waals surface area contributed by atoms with Gasteiger partial charge in [-0.3, -0.25) is 10.2 Å². The Kier molecular flexibility index (Phi) is 4.37. The first-order chi connectivity index (χ1) is 6.77. The number of halogens is 1. The zero-order valence-corrected chi connectivity index (χ0v) is 10.0. The molecule has 2 aliphatic heterocycles. The highest BCUT2D eigenvalue weighted by molar-refractivity contribution is 5.85. The topological polar surface area (TPSA) is 44.4 Å². The fourth-order valence-corrected chi connectivity index (χ4v) is 2.56. The van der Waals surface area contributed by atoms with E-state index in [1.165, 1.54) is 0 Å². The van der Waals surface area contributed by atoms with Crippen molar-refractivity contribution in [1.29, 1.82) is 0 Å². The van der Waals surface area contributed by atoms with Gasteiger partial charge in [-0.1, -0.05) is 6.92 Å². The first-order valence-corrected chi connectivity index (χ1v) is 5.55. The molecule has 2 heterocycles. The van der Waals surface area contributed by atoms with Gasteiger partial charge in [-0.05, 0) is 32.4 Å². The van der Waals surface area contributed by atoms with E-state index >= 15 is 0 Å². The van der Waals surface area contributed by atoms with E-state index in [9.17, 15) is 4.79 Å². The minimum Gasteiger partial charge on any atom is -0.317 e. The molecule has 4 nitrogen and oxygen atoms in total. The number of piperidine rings is 1. The van der Waals surface area contributed by atoms with Crippen molar-refractivity contribution in [3.8, 4) is 0 Å². The van der Waals surface area contributed by atoms with Crippen LogP contribution in [0, 0.1) is 0 Å². The van der Waals surface area contributed by atoms with E-state index in [2.05, 4.69) is 22.7 Å². The SMILES string of the molecule is CCCN1NC(=O)CC12CCNCC2.Cl. The Morgan fingerprint density at radius 3 is 2.67 bits per heavy atom. The summed E-state index contributed by atoms with van der Waals surface area (Å²) < 4.78 is 0. The van der Waals surface area contributed by atoms with Gasteiger partial charge in [0, 0.05) is 13.0 Å². The molecule has 0 atom stereocenters. The largest absolute Gasteiger partial charge is 0.317 e. The van der Waals surface area contributed by atoms with Crippen LogP contribution < -0.4 is 10.7 Å². The molecule has 0 unspecified atom stereocenters. The average molecular weight is 234 g/mol. The molecule has 0 aromatic carbocycles. The number of rotatable bonds is 2. The van der Waals surface area contributed by atoms with Crippen molar-refractivity contribution in [3.63, 3.8) is 0 Å². The van der Waals surface area contributed by atoms with Crippen molar-refractivity contribution in [3.05, 3.63) is 0 Å². The van der Waals surface area contributed by atoms with Gasteiger partial charge < -0.3 is 5.32 Å². The van der Waals surface area contributed by atoms with Crippen molar-refractivity contribution in [2.45, 2.75) is 38.1 Å². The molecule has 2 aliphatic rings. The summed E-state index contributed by atoms with van der Waals surface area (Å²) >= 11 is 0. The van der Waals surface area contributed by atoms with E-state index in [0.29, 0.717) is 6.42 Å². The summed E-state index contributed by atoms with van der Waals surface area (Å²) in [4.78, 5) is 11.4. The average Bonchev–Trinajstić information content (AvgIpc) is 2.45. The number of carbonyl (C=O) groups is 1. The summed E-state index contributed by atoms with van der Waals surface area (Å²) in [6.45, 7) is 5.20. The van der Waals surface area contributed by atoms with Crippen LogP contribution in [0.1, 0.15) is 32.6 Å². The Balaban J connectivity index is 0.00000112. The second-order valence-corrected chi connectivity index (χ2v) is 4.34. The van der Waals surface area contributed by atoms with Crippen LogP contribution in [0.4, 0.5) is 0 Å². The summed E-state index contributed by atoms with van der Waals surface area (Å²) in [5.74, 6) is 0.195. The molecular formula is C10H20ClN3O. The van der Waals surface area contributed by atoms with Gasteiger partial charge >= 0.3 is 0 Å². The predicted molar refractivity (Wildman–Crippen MR) is 61.8 cm³/mol. The van der Waals surface area contributed by atoms with Crippen LogP contribution in [0.2, 0.25) is 0 Å². The highest BCUT2D eigenvalue weighted by atomic mass is 35.5. The number of nitrogens with one attached hydrogen (secondary N) is 2. The summed E-state index contributed by atoms with van der Waals surface area (Å²) in [5, 5.41) is 5.52. The van der Waals surface area contributed by atoms with Gasteiger partial charge in [-0.2, -0.15) is 0 Å². The highest BCUT2D eigenvalue weighted by Gasteiger charge is 2.45. The zero-order chi connectivity index (χ0) is 10.0. The standard InChI is InChI=1S/C10H19N3O.ClH/c1-2-7-13-10(8-9(14)12-13)3-5-11-6-4-10;/h11H,2-8H2,1H3,(H,12,14);1H. The molecule has 2 rings (SSSR count). The molecule has 0 aromatic heterocycles. The molecule has 0 aromatic rings.